The number of aliphatic hydroxyl groups is 1. The van der Waals surface area contributed by atoms with Gasteiger partial charge in [0.15, 0.2) is 5.60 Å². The van der Waals surface area contributed by atoms with Crippen molar-refractivity contribution < 1.29 is 19.8 Å². The number of fused-ring (bicyclic) bond motifs is 1. The third-order valence-corrected chi connectivity index (χ3v) is 3.90. The summed E-state index contributed by atoms with van der Waals surface area (Å²) in [5.74, 6) is -0.704. The van der Waals surface area contributed by atoms with Crippen LogP contribution >= 0.6 is 0 Å². The molecule has 2 aliphatic rings. The van der Waals surface area contributed by atoms with Gasteiger partial charge in [0.2, 0.25) is 5.91 Å². The van der Waals surface area contributed by atoms with Gasteiger partial charge in [0.05, 0.1) is 0 Å². The Morgan fingerprint density at radius 2 is 2.28 bits per heavy atom. The number of hydrogen-bond donors (Lipinski definition) is 3. The van der Waals surface area contributed by atoms with Crippen LogP contribution in [-0.2, 0) is 9.59 Å². The Hall–Kier alpha value is -1.14. The van der Waals surface area contributed by atoms with E-state index in [0.29, 0.717) is 18.9 Å². The summed E-state index contributed by atoms with van der Waals surface area (Å²) in [6.07, 6.45) is 2.22. The minimum Gasteiger partial charge on any atom is -0.479 e. The second kappa shape index (κ2) is 4.85. The molecule has 1 amide bonds. The lowest BCUT2D eigenvalue weighted by Crippen LogP contribution is -2.57. The van der Waals surface area contributed by atoms with E-state index in [-0.39, 0.29) is 18.5 Å². The molecule has 3 atom stereocenters. The molecule has 3 unspecified atom stereocenters. The summed E-state index contributed by atoms with van der Waals surface area (Å²) in [6.45, 7) is 2.92. The second-order valence-electron chi connectivity index (χ2n) is 5.58. The first-order valence-electron chi connectivity index (χ1n) is 6.36. The zero-order valence-corrected chi connectivity index (χ0v) is 10.6. The number of nitrogens with one attached hydrogen (secondary N) is 1. The number of carboxylic acid groups (broad SMARTS) is 1. The van der Waals surface area contributed by atoms with E-state index in [9.17, 15) is 14.7 Å². The first-order valence-corrected chi connectivity index (χ1v) is 6.36. The second-order valence-corrected chi connectivity index (χ2v) is 5.58. The largest absolute Gasteiger partial charge is 0.479 e. The molecule has 2 rings (SSSR count). The maximum absolute atomic E-state index is 11.3. The van der Waals surface area contributed by atoms with Gasteiger partial charge in [0, 0.05) is 32.1 Å². The smallest absolute Gasteiger partial charge is 0.336 e. The number of amides is 1. The quantitative estimate of drug-likeness (QED) is 0.629. The van der Waals surface area contributed by atoms with Gasteiger partial charge < -0.3 is 15.5 Å². The summed E-state index contributed by atoms with van der Waals surface area (Å²) in [7, 11) is 0. The van der Waals surface area contributed by atoms with Crippen molar-refractivity contribution in [2.75, 3.05) is 19.6 Å². The number of likely N-dealkylation sites (tertiary alicyclic amines) is 1. The molecule has 0 spiro atoms. The summed E-state index contributed by atoms with van der Waals surface area (Å²) < 4.78 is 0. The molecular weight excluding hydrogens is 236 g/mol. The molecule has 2 aliphatic heterocycles. The Labute approximate surface area is 106 Å². The van der Waals surface area contributed by atoms with Crippen LogP contribution in [0.2, 0.25) is 0 Å². The average Bonchev–Trinajstić information content (AvgIpc) is 2.28. The lowest BCUT2D eigenvalue weighted by atomic mass is 9.84. The zero-order valence-electron chi connectivity index (χ0n) is 10.6. The van der Waals surface area contributed by atoms with Crippen molar-refractivity contribution in [2.24, 2.45) is 5.92 Å². The van der Waals surface area contributed by atoms with Crippen molar-refractivity contribution in [1.29, 1.82) is 0 Å². The van der Waals surface area contributed by atoms with Crippen LogP contribution in [0.1, 0.15) is 26.2 Å². The number of carboxylic acids is 1. The normalized spacial score (nSPS) is 32.2. The highest BCUT2D eigenvalue weighted by Gasteiger charge is 2.38. The predicted octanol–water partition coefficient (Wildman–Crippen LogP) is -0.577. The maximum Gasteiger partial charge on any atom is 0.336 e. The number of hydrogen-bond acceptors (Lipinski definition) is 4. The van der Waals surface area contributed by atoms with Gasteiger partial charge in [-0.1, -0.05) is 0 Å². The van der Waals surface area contributed by atoms with E-state index in [1.165, 1.54) is 6.92 Å². The van der Waals surface area contributed by atoms with Gasteiger partial charge in [-0.25, -0.2) is 4.79 Å². The Morgan fingerprint density at radius 1 is 1.56 bits per heavy atom. The van der Waals surface area contributed by atoms with Crippen LogP contribution < -0.4 is 5.32 Å². The number of nitrogens with zero attached hydrogens (tertiary/aromatic N) is 1. The molecule has 0 aromatic rings. The van der Waals surface area contributed by atoms with E-state index < -0.39 is 11.6 Å². The van der Waals surface area contributed by atoms with Crippen molar-refractivity contribution in [1.82, 2.24) is 10.2 Å². The number of piperidine rings is 2. The molecule has 0 aromatic heterocycles. The van der Waals surface area contributed by atoms with Crippen LogP contribution in [0.25, 0.3) is 0 Å². The summed E-state index contributed by atoms with van der Waals surface area (Å²) >= 11 is 0. The van der Waals surface area contributed by atoms with Crippen LogP contribution in [0.5, 0.6) is 0 Å². The van der Waals surface area contributed by atoms with Gasteiger partial charge in [0.25, 0.3) is 0 Å². The Morgan fingerprint density at radius 3 is 2.94 bits per heavy atom. The fraction of sp³-hybridized carbons (Fsp3) is 0.833. The van der Waals surface area contributed by atoms with Gasteiger partial charge in [-0.3, -0.25) is 9.69 Å². The molecule has 2 saturated heterocycles. The molecule has 0 saturated carbocycles. The van der Waals surface area contributed by atoms with Crippen LogP contribution in [0.15, 0.2) is 0 Å². The molecule has 0 bridgehead atoms. The molecule has 0 radical (unpaired) electrons. The van der Waals surface area contributed by atoms with Crippen molar-refractivity contribution in [3.05, 3.63) is 0 Å². The Bertz CT molecular complexity index is 356. The number of carbonyl (C=O) groups excluding carboxylic acids is 1. The molecule has 18 heavy (non-hydrogen) atoms. The third kappa shape index (κ3) is 2.81. The van der Waals surface area contributed by atoms with Crippen molar-refractivity contribution >= 4 is 11.9 Å². The fourth-order valence-corrected chi connectivity index (χ4v) is 2.83. The molecule has 102 valence electrons. The van der Waals surface area contributed by atoms with Crippen LogP contribution in [0.3, 0.4) is 0 Å². The highest BCUT2D eigenvalue weighted by atomic mass is 16.4. The summed E-state index contributed by atoms with van der Waals surface area (Å²) in [6, 6.07) is 0.220. The Balaban J connectivity index is 1.91. The summed E-state index contributed by atoms with van der Waals surface area (Å²) in [5.41, 5.74) is -1.70. The van der Waals surface area contributed by atoms with Gasteiger partial charge in [-0.05, 0) is 25.7 Å². The lowest BCUT2D eigenvalue weighted by Gasteiger charge is -2.42. The van der Waals surface area contributed by atoms with Crippen molar-refractivity contribution in [3.63, 3.8) is 0 Å². The van der Waals surface area contributed by atoms with Gasteiger partial charge in [0.1, 0.15) is 0 Å². The molecule has 3 N–H and O–H groups in total. The van der Waals surface area contributed by atoms with Gasteiger partial charge in [-0.15, -0.1) is 0 Å². The first kappa shape index (κ1) is 13.3. The van der Waals surface area contributed by atoms with E-state index in [2.05, 4.69) is 5.32 Å². The fourth-order valence-electron chi connectivity index (χ4n) is 2.83. The minimum atomic E-state index is -1.70. The van der Waals surface area contributed by atoms with E-state index in [1.54, 1.807) is 0 Å². The van der Waals surface area contributed by atoms with E-state index in [4.69, 9.17) is 5.11 Å². The van der Waals surface area contributed by atoms with Crippen LogP contribution in [-0.4, -0.2) is 58.3 Å². The highest BCUT2D eigenvalue weighted by molar-refractivity contribution is 5.77. The topological polar surface area (TPSA) is 89.9 Å². The molecule has 6 nitrogen and oxygen atoms in total. The number of aliphatic carboxylic acids is 1. The predicted molar refractivity (Wildman–Crippen MR) is 64.0 cm³/mol. The molecule has 0 aromatic carbocycles. The number of carbonyl (C=O) groups is 2. The molecule has 0 aliphatic carbocycles. The van der Waals surface area contributed by atoms with E-state index >= 15 is 0 Å². The highest BCUT2D eigenvalue weighted by Crippen LogP contribution is 2.26. The van der Waals surface area contributed by atoms with Crippen molar-refractivity contribution in [2.45, 2.75) is 37.8 Å². The lowest BCUT2D eigenvalue weighted by molar-refractivity contribution is -0.159. The van der Waals surface area contributed by atoms with Gasteiger partial charge >= 0.3 is 5.97 Å². The monoisotopic (exact) mass is 256 g/mol. The molecule has 2 fully saturated rings. The summed E-state index contributed by atoms with van der Waals surface area (Å²) in [4.78, 5) is 24.1. The summed E-state index contributed by atoms with van der Waals surface area (Å²) in [5, 5.41) is 21.7. The maximum atomic E-state index is 11.3. The minimum absolute atomic E-state index is 0.113. The van der Waals surface area contributed by atoms with Gasteiger partial charge in [-0.2, -0.15) is 0 Å². The molecule has 2 heterocycles. The standard InChI is InChI=1S/C12H20N2O4/c1-12(18,11(16)17)7-14-5-4-9-8(6-14)2-3-10(15)13-9/h8-9,18H,2-7H2,1H3,(H,13,15)(H,16,17). The van der Waals surface area contributed by atoms with Crippen LogP contribution in [0, 0.1) is 5.92 Å². The number of rotatable bonds is 3. The Kier molecular flexibility index (Phi) is 3.59. The molecule has 6 heteroatoms. The average molecular weight is 256 g/mol. The first-order chi connectivity index (χ1) is 8.38. The van der Waals surface area contributed by atoms with Crippen LogP contribution in [0.4, 0.5) is 0 Å². The zero-order chi connectivity index (χ0) is 13.3. The SMILES string of the molecule is CC(O)(CN1CCC2NC(=O)CCC2C1)C(=O)O. The van der Waals surface area contributed by atoms with Crippen molar-refractivity contribution in [3.8, 4) is 0 Å². The van der Waals surface area contributed by atoms with E-state index in [0.717, 1.165) is 19.4 Å². The number of β-amino-alcohol motifs (C(OH)–C–C–N with tert-alkyl or cyclic N) is 1. The van der Waals surface area contributed by atoms with E-state index in [1.807, 2.05) is 4.90 Å². The third-order valence-electron chi connectivity index (χ3n) is 3.90. The molecular formula is C12H20N2O4.